The zero-order chi connectivity index (χ0) is 34.3. The first-order valence-electron chi connectivity index (χ1n) is 15.8. The van der Waals surface area contributed by atoms with Gasteiger partial charge >= 0.3 is 18.5 Å². The minimum absolute atomic E-state index is 0.0525. The minimum atomic E-state index is -0.847. The van der Waals surface area contributed by atoms with Gasteiger partial charge in [-0.25, -0.2) is 14.4 Å². The molecule has 0 aromatic rings. The summed E-state index contributed by atoms with van der Waals surface area (Å²) >= 11 is 0. The van der Waals surface area contributed by atoms with Gasteiger partial charge < -0.3 is 43.4 Å². The monoisotopic (exact) mass is 636 g/mol. The smallest absolute Gasteiger partial charge is 0.431 e. The fourth-order valence-electron chi connectivity index (χ4n) is 4.27. The van der Waals surface area contributed by atoms with E-state index in [2.05, 4.69) is 0 Å². The van der Waals surface area contributed by atoms with Gasteiger partial charge in [-0.1, -0.05) is 20.8 Å². The van der Waals surface area contributed by atoms with E-state index in [1.165, 1.54) is 13.8 Å². The third-order valence-electron chi connectivity index (χ3n) is 8.60. The van der Waals surface area contributed by atoms with E-state index in [1.807, 2.05) is 27.7 Å². The lowest BCUT2D eigenvalue weighted by Gasteiger charge is -2.32. The van der Waals surface area contributed by atoms with Crippen molar-refractivity contribution in [3.05, 3.63) is 0 Å². The standard InChI is InChI=1S/C32H60O12/c1-17(22(6)39-30(35)42-25(9)20(4)33)14-29(15-18(2)23(7)40-31(36)43-26(10)21(5)34)16-19(3)24(8)41-32(37)44-28(12)27(11)38-13/h17-29,33-34H,14-16H2,1-13H3. The molecule has 0 aromatic heterocycles. The van der Waals surface area contributed by atoms with Crippen LogP contribution in [0.4, 0.5) is 14.4 Å². The lowest BCUT2D eigenvalue weighted by molar-refractivity contribution is -0.0517. The van der Waals surface area contributed by atoms with Gasteiger partial charge in [0.1, 0.15) is 36.6 Å². The van der Waals surface area contributed by atoms with E-state index in [0.717, 1.165) is 0 Å². The van der Waals surface area contributed by atoms with Gasteiger partial charge in [0, 0.05) is 7.11 Å². The molecular formula is C32H60O12. The molecule has 0 radical (unpaired) electrons. The number of methoxy groups -OCH3 is 1. The number of ether oxygens (including phenoxy) is 7. The van der Waals surface area contributed by atoms with E-state index >= 15 is 0 Å². The molecule has 12 heteroatoms. The van der Waals surface area contributed by atoms with Crippen molar-refractivity contribution in [2.45, 2.75) is 157 Å². The van der Waals surface area contributed by atoms with Crippen molar-refractivity contribution in [2.75, 3.05) is 7.11 Å². The molecule has 12 unspecified atom stereocenters. The molecule has 0 saturated heterocycles. The zero-order valence-corrected chi connectivity index (χ0v) is 29.1. The summed E-state index contributed by atoms with van der Waals surface area (Å²) in [4.78, 5) is 36.9. The van der Waals surface area contributed by atoms with Crippen molar-refractivity contribution in [3.8, 4) is 0 Å². The molecule has 0 saturated carbocycles. The molecular weight excluding hydrogens is 576 g/mol. The molecule has 0 aliphatic carbocycles. The lowest BCUT2D eigenvalue weighted by atomic mass is 9.79. The Labute approximate surface area is 264 Å². The third-order valence-corrected chi connectivity index (χ3v) is 8.60. The highest BCUT2D eigenvalue weighted by Gasteiger charge is 2.30. The number of rotatable bonds is 19. The van der Waals surface area contributed by atoms with Crippen molar-refractivity contribution < 1.29 is 57.8 Å². The number of carbonyl (C=O) groups excluding carboxylic acids is 3. The number of hydrogen-bond acceptors (Lipinski definition) is 12. The molecule has 12 atom stereocenters. The average molecular weight is 637 g/mol. The van der Waals surface area contributed by atoms with Gasteiger partial charge in [-0.05, 0) is 105 Å². The van der Waals surface area contributed by atoms with Gasteiger partial charge in [-0.15, -0.1) is 0 Å². The van der Waals surface area contributed by atoms with Gasteiger partial charge in [0.25, 0.3) is 0 Å². The largest absolute Gasteiger partial charge is 0.508 e. The highest BCUT2D eigenvalue weighted by atomic mass is 16.7. The molecule has 0 bridgehead atoms. The van der Waals surface area contributed by atoms with Crippen molar-refractivity contribution in [2.24, 2.45) is 23.7 Å². The summed E-state index contributed by atoms with van der Waals surface area (Å²) in [7, 11) is 1.54. The van der Waals surface area contributed by atoms with Crippen LogP contribution >= 0.6 is 0 Å². The van der Waals surface area contributed by atoms with E-state index in [0.29, 0.717) is 19.3 Å². The average Bonchev–Trinajstić information content (AvgIpc) is 2.91. The molecule has 0 amide bonds. The van der Waals surface area contributed by atoms with Crippen LogP contribution in [0, 0.1) is 23.7 Å². The maximum Gasteiger partial charge on any atom is 0.508 e. The summed E-state index contributed by atoms with van der Waals surface area (Å²) in [5.41, 5.74) is 0. The van der Waals surface area contributed by atoms with E-state index < -0.39 is 67.3 Å². The summed E-state index contributed by atoms with van der Waals surface area (Å²) < 4.78 is 37.4. The number of aliphatic hydroxyl groups excluding tert-OH is 2. The van der Waals surface area contributed by atoms with E-state index in [9.17, 15) is 24.6 Å². The van der Waals surface area contributed by atoms with Gasteiger partial charge in [0.15, 0.2) is 0 Å². The first-order valence-corrected chi connectivity index (χ1v) is 15.8. The van der Waals surface area contributed by atoms with Crippen LogP contribution in [0.5, 0.6) is 0 Å². The van der Waals surface area contributed by atoms with Crippen molar-refractivity contribution >= 4 is 18.5 Å². The Morgan fingerprint density at radius 2 is 0.682 bits per heavy atom. The van der Waals surface area contributed by atoms with Crippen LogP contribution in [0.2, 0.25) is 0 Å². The molecule has 0 fully saturated rings. The summed E-state index contributed by atoms with van der Waals surface area (Å²) in [5, 5.41) is 19.2. The quantitative estimate of drug-likeness (QED) is 0.121. The Hall–Kier alpha value is -2.31. The fourth-order valence-corrected chi connectivity index (χ4v) is 4.27. The second kappa shape index (κ2) is 20.7. The predicted octanol–water partition coefficient (Wildman–Crippen LogP) is 6.27. The molecule has 0 aliphatic heterocycles. The molecule has 44 heavy (non-hydrogen) atoms. The summed E-state index contributed by atoms with van der Waals surface area (Å²) in [5.74, 6) is -0.122. The van der Waals surface area contributed by atoms with Crippen LogP contribution in [0.1, 0.15) is 102 Å². The van der Waals surface area contributed by atoms with Gasteiger partial charge in [-0.3, -0.25) is 0 Å². The fraction of sp³-hybridized carbons (Fsp3) is 0.906. The normalized spacial score (nSPS) is 20.5. The van der Waals surface area contributed by atoms with Crippen LogP contribution in [-0.4, -0.2) is 90.7 Å². The maximum absolute atomic E-state index is 12.4. The van der Waals surface area contributed by atoms with Crippen LogP contribution in [-0.2, 0) is 33.2 Å². The topological polar surface area (TPSA) is 156 Å². The zero-order valence-electron chi connectivity index (χ0n) is 29.1. The van der Waals surface area contributed by atoms with Gasteiger partial charge in [-0.2, -0.15) is 0 Å². The number of hydrogen-bond donors (Lipinski definition) is 2. The summed E-state index contributed by atoms with van der Waals surface area (Å²) in [6.45, 7) is 21.1. The lowest BCUT2D eigenvalue weighted by Crippen LogP contribution is -2.33. The first kappa shape index (κ1) is 41.7. The van der Waals surface area contributed by atoms with Crippen molar-refractivity contribution in [1.82, 2.24) is 0 Å². The molecule has 0 heterocycles. The van der Waals surface area contributed by atoms with Gasteiger partial charge in [0.05, 0.1) is 18.3 Å². The first-order chi connectivity index (χ1) is 20.3. The summed E-state index contributed by atoms with van der Waals surface area (Å²) in [6.07, 6.45) is -5.69. The minimum Gasteiger partial charge on any atom is -0.431 e. The highest BCUT2D eigenvalue weighted by Crippen LogP contribution is 2.32. The number of aliphatic hydroxyl groups is 2. The Balaban J connectivity index is 5.52. The predicted molar refractivity (Wildman–Crippen MR) is 164 cm³/mol. The SMILES string of the molecule is COC(C)C(C)OC(=O)OC(C)C(C)CC(CC(C)C(C)OC(=O)OC(C)C(C)O)CC(C)C(C)OC(=O)OC(C)C(C)O. The van der Waals surface area contributed by atoms with Crippen LogP contribution in [0.15, 0.2) is 0 Å². The molecule has 0 aromatic carbocycles. The summed E-state index contributed by atoms with van der Waals surface area (Å²) in [6, 6.07) is 0. The molecule has 12 nitrogen and oxygen atoms in total. The number of carbonyl (C=O) groups is 3. The van der Waals surface area contributed by atoms with Crippen molar-refractivity contribution in [3.63, 3.8) is 0 Å². The molecule has 0 spiro atoms. The highest BCUT2D eigenvalue weighted by molar-refractivity contribution is 5.61. The van der Waals surface area contributed by atoms with E-state index in [-0.39, 0.29) is 29.8 Å². The van der Waals surface area contributed by atoms with Crippen LogP contribution < -0.4 is 0 Å². The molecule has 0 rings (SSSR count). The van der Waals surface area contributed by atoms with Crippen molar-refractivity contribution in [1.29, 1.82) is 0 Å². The Kier molecular flexibility index (Phi) is 19.6. The second-order valence-corrected chi connectivity index (χ2v) is 12.6. The maximum atomic E-state index is 12.4. The molecule has 260 valence electrons. The molecule has 2 N–H and O–H groups in total. The van der Waals surface area contributed by atoms with Crippen LogP contribution in [0.3, 0.4) is 0 Å². The van der Waals surface area contributed by atoms with Gasteiger partial charge in [0.2, 0.25) is 0 Å². The van der Waals surface area contributed by atoms with E-state index in [1.54, 1.807) is 48.7 Å². The van der Waals surface area contributed by atoms with Crippen LogP contribution in [0.25, 0.3) is 0 Å². The molecule has 0 aliphatic rings. The Morgan fingerprint density at radius 1 is 0.432 bits per heavy atom. The Bertz CT molecular complexity index is 790. The third kappa shape index (κ3) is 16.7. The van der Waals surface area contributed by atoms with E-state index in [4.69, 9.17) is 33.2 Å². The Morgan fingerprint density at radius 3 is 0.932 bits per heavy atom. The second-order valence-electron chi connectivity index (χ2n) is 12.6.